The molecule has 2 heterocycles. The van der Waals surface area contributed by atoms with Gasteiger partial charge in [-0.3, -0.25) is 4.90 Å². The van der Waals surface area contributed by atoms with Crippen LogP contribution in [0.5, 0.6) is 11.5 Å². The lowest BCUT2D eigenvalue weighted by Crippen LogP contribution is -2.38. The van der Waals surface area contributed by atoms with Crippen LogP contribution in [0.4, 0.5) is 0 Å². The summed E-state index contributed by atoms with van der Waals surface area (Å²) >= 11 is 1.23. The van der Waals surface area contributed by atoms with Gasteiger partial charge in [-0.2, -0.15) is 0 Å². The van der Waals surface area contributed by atoms with Crippen LogP contribution in [0.15, 0.2) is 73.6 Å². The highest BCUT2D eigenvalue weighted by Crippen LogP contribution is 2.37. The van der Waals surface area contributed by atoms with Gasteiger partial charge in [0.25, 0.3) is 0 Å². The summed E-state index contributed by atoms with van der Waals surface area (Å²) in [6.07, 6.45) is 0. The third kappa shape index (κ3) is 5.35. The van der Waals surface area contributed by atoms with Gasteiger partial charge in [-0.1, -0.05) is 43.8 Å². The van der Waals surface area contributed by atoms with Gasteiger partial charge in [0.1, 0.15) is 28.9 Å². The summed E-state index contributed by atoms with van der Waals surface area (Å²) in [5.74, 6) is 1.25. The molecule has 4 rings (SSSR count). The Morgan fingerprint density at radius 2 is 1.81 bits per heavy atom. The predicted octanol–water partition coefficient (Wildman–Crippen LogP) is 4.96. The molecule has 0 unspecified atom stereocenters. The summed E-state index contributed by atoms with van der Waals surface area (Å²) in [5, 5.41) is 10.6. The van der Waals surface area contributed by atoms with Gasteiger partial charge in [-0.05, 0) is 41.8 Å². The van der Waals surface area contributed by atoms with Crippen LogP contribution in [-0.4, -0.2) is 43.0 Å². The largest absolute Gasteiger partial charge is 0.506 e. The maximum Gasteiger partial charge on any atom is 0.354 e. The molecule has 0 amide bonds. The highest BCUT2D eigenvalue weighted by atomic mass is 32.2. The van der Waals surface area contributed by atoms with E-state index in [0.29, 0.717) is 24.0 Å². The number of aromatic hydroxyl groups is 1. The lowest BCUT2D eigenvalue weighted by Gasteiger charge is -2.26. The molecule has 1 aliphatic rings. The Hall–Kier alpha value is -2.74. The van der Waals surface area contributed by atoms with Gasteiger partial charge in [0, 0.05) is 29.6 Å². The molecule has 1 N–H and O–H groups in total. The Morgan fingerprint density at radius 1 is 1.09 bits per heavy atom. The Kier molecular flexibility index (Phi) is 7.19. The number of benzene rings is 2. The highest BCUT2D eigenvalue weighted by Gasteiger charge is 2.17. The van der Waals surface area contributed by atoms with Crippen LogP contribution in [0.1, 0.15) is 25.3 Å². The van der Waals surface area contributed by atoms with Gasteiger partial charge in [0.15, 0.2) is 0 Å². The highest BCUT2D eigenvalue weighted by molar-refractivity contribution is 7.99. The second-order valence-electron chi connectivity index (χ2n) is 7.94. The molecule has 1 aliphatic heterocycles. The number of rotatable bonds is 7. The molecule has 6 nitrogen and oxygen atoms in total. The quantitative estimate of drug-likeness (QED) is 0.542. The van der Waals surface area contributed by atoms with E-state index in [0.717, 1.165) is 42.5 Å². The van der Waals surface area contributed by atoms with Gasteiger partial charge in [0.05, 0.1) is 13.2 Å². The number of ether oxygens (including phenoxy) is 2. The number of hydrogen-bond acceptors (Lipinski definition) is 7. The zero-order valence-electron chi connectivity index (χ0n) is 18.2. The van der Waals surface area contributed by atoms with Crippen molar-refractivity contribution in [2.45, 2.75) is 29.6 Å². The molecule has 1 saturated heterocycles. The van der Waals surface area contributed by atoms with Crippen LogP contribution in [0.2, 0.25) is 0 Å². The van der Waals surface area contributed by atoms with E-state index >= 15 is 0 Å². The molecule has 32 heavy (non-hydrogen) atoms. The first kappa shape index (κ1) is 22.5. The number of nitrogens with zero attached hydrogens (tertiary/aromatic N) is 1. The second kappa shape index (κ2) is 10.3. The van der Waals surface area contributed by atoms with Crippen molar-refractivity contribution >= 4 is 11.8 Å². The average Bonchev–Trinajstić information content (AvgIpc) is 2.81. The van der Waals surface area contributed by atoms with Crippen LogP contribution < -0.4 is 10.4 Å². The third-order valence-electron chi connectivity index (χ3n) is 5.30. The lowest BCUT2D eigenvalue weighted by molar-refractivity contribution is 0.00408. The fourth-order valence-corrected chi connectivity index (χ4v) is 4.55. The van der Waals surface area contributed by atoms with Crippen LogP contribution in [-0.2, 0) is 4.74 Å². The van der Waals surface area contributed by atoms with Crippen molar-refractivity contribution in [1.29, 1.82) is 0 Å². The van der Waals surface area contributed by atoms with Crippen molar-refractivity contribution in [2.75, 3.05) is 33.0 Å². The summed E-state index contributed by atoms with van der Waals surface area (Å²) in [5.41, 5.74) is 1.25. The molecule has 0 radical (unpaired) electrons. The van der Waals surface area contributed by atoms with E-state index < -0.39 is 5.63 Å². The van der Waals surface area contributed by atoms with Crippen molar-refractivity contribution < 1.29 is 19.0 Å². The zero-order valence-corrected chi connectivity index (χ0v) is 19.1. The second-order valence-corrected chi connectivity index (χ2v) is 8.99. The fraction of sp³-hybridized carbons (Fsp3) is 0.320. The van der Waals surface area contributed by atoms with Gasteiger partial charge in [-0.15, -0.1) is 0 Å². The lowest BCUT2D eigenvalue weighted by atomic mass is 10.0. The standard InChI is InChI=1S/C25H27NO5S/c1-17(2)20-5-3-4-6-23(20)32-24-21(27)15-22(31-25(24)28)18-7-9-19(10-8-18)30-16-26-11-13-29-14-12-26/h3-10,15,17,27H,11-14,16H2,1-2H3. The van der Waals surface area contributed by atoms with Gasteiger partial charge in [0.2, 0.25) is 0 Å². The Bertz CT molecular complexity index is 1100. The minimum atomic E-state index is -0.559. The molecular weight excluding hydrogens is 426 g/mol. The number of hydrogen-bond donors (Lipinski definition) is 1. The maximum absolute atomic E-state index is 12.7. The van der Waals surface area contributed by atoms with Crippen molar-refractivity contribution in [3.63, 3.8) is 0 Å². The smallest absolute Gasteiger partial charge is 0.354 e. The molecule has 1 fully saturated rings. The van der Waals surface area contributed by atoms with Crippen LogP contribution in [0.3, 0.4) is 0 Å². The molecule has 0 saturated carbocycles. The maximum atomic E-state index is 12.7. The average molecular weight is 454 g/mol. The van der Waals surface area contributed by atoms with Crippen LogP contribution in [0, 0.1) is 0 Å². The molecule has 168 valence electrons. The molecule has 0 atom stereocenters. The summed E-state index contributed by atoms with van der Waals surface area (Å²) in [6, 6.07) is 16.6. The third-order valence-corrected chi connectivity index (χ3v) is 6.47. The molecule has 1 aromatic heterocycles. The normalized spacial score (nSPS) is 14.6. The van der Waals surface area contributed by atoms with Crippen LogP contribution in [0.25, 0.3) is 11.3 Å². The Morgan fingerprint density at radius 3 is 2.50 bits per heavy atom. The fourth-order valence-electron chi connectivity index (χ4n) is 3.48. The minimum Gasteiger partial charge on any atom is -0.506 e. The Balaban J connectivity index is 1.49. The van der Waals surface area contributed by atoms with Crippen molar-refractivity contribution in [3.05, 3.63) is 70.6 Å². The summed E-state index contributed by atoms with van der Waals surface area (Å²) in [7, 11) is 0. The van der Waals surface area contributed by atoms with Gasteiger partial charge >= 0.3 is 5.63 Å². The molecule has 2 aromatic carbocycles. The molecule has 0 aliphatic carbocycles. The van der Waals surface area contributed by atoms with E-state index in [1.807, 2.05) is 48.5 Å². The van der Waals surface area contributed by atoms with E-state index in [-0.39, 0.29) is 10.6 Å². The van der Waals surface area contributed by atoms with Gasteiger partial charge < -0.3 is 19.0 Å². The molecule has 0 bridgehead atoms. The Labute approximate surface area is 191 Å². The first-order valence-electron chi connectivity index (χ1n) is 10.7. The topological polar surface area (TPSA) is 72.1 Å². The van der Waals surface area contributed by atoms with E-state index in [9.17, 15) is 9.90 Å². The minimum absolute atomic E-state index is 0.0903. The number of morpholine rings is 1. The first-order chi connectivity index (χ1) is 15.5. The monoisotopic (exact) mass is 453 g/mol. The molecule has 3 aromatic rings. The first-order valence-corrected chi connectivity index (χ1v) is 11.5. The van der Waals surface area contributed by atoms with E-state index in [1.54, 1.807) is 0 Å². The summed E-state index contributed by atoms with van der Waals surface area (Å²) < 4.78 is 16.7. The molecule has 0 spiro atoms. The van der Waals surface area contributed by atoms with E-state index in [2.05, 4.69) is 18.7 Å². The van der Waals surface area contributed by atoms with Crippen LogP contribution >= 0.6 is 11.8 Å². The predicted molar refractivity (Wildman–Crippen MR) is 125 cm³/mol. The molecule has 7 heteroatoms. The summed E-state index contributed by atoms with van der Waals surface area (Å²) in [4.78, 5) is 16.0. The SMILES string of the molecule is CC(C)c1ccccc1Sc1c(O)cc(-c2ccc(OCN3CCOCC3)cc2)oc1=O. The van der Waals surface area contributed by atoms with Crippen molar-refractivity contribution in [2.24, 2.45) is 0 Å². The molecular formula is C25H27NO5S. The van der Waals surface area contributed by atoms with Crippen molar-refractivity contribution in [3.8, 4) is 22.8 Å². The zero-order chi connectivity index (χ0) is 22.5. The summed E-state index contributed by atoms with van der Waals surface area (Å²) in [6.45, 7) is 7.86. The van der Waals surface area contributed by atoms with Gasteiger partial charge in [-0.25, -0.2) is 4.79 Å². The van der Waals surface area contributed by atoms with Crippen molar-refractivity contribution in [1.82, 2.24) is 4.90 Å². The van der Waals surface area contributed by atoms with E-state index in [4.69, 9.17) is 13.9 Å². The van der Waals surface area contributed by atoms with E-state index in [1.165, 1.54) is 17.8 Å².